The highest BCUT2D eigenvalue weighted by atomic mass is 32.2. The first-order valence-electron chi connectivity index (χ1n) is 8.82. The number of benzene rings is 1. The molecule has 1 aromatic carbocycles. The van der Waals surface area contributed by atoms with Crippen LogP contribution in [0.5, 0.6) is 5.75 Å². The van der Waals surface area contributed by atoms with E-state index in [4.69, 9.17) is 4.74 Å². The third kappa shape index (κ3) is 3.60. The van der Waals surface area contributed by atoms with Crippen molar-refractivity contribution in [3.63, 3.8) is 0 Å². The predicted octanol–water partition coefficient (Wildman–Crippen LogP) is 2.24. The minimum absolute atomic E-state index is 0.211. The van der Waals surface area contributed by atoms with E-state index in [0.29, 0.717) is 23.5 Å². The monoisotopic (exact) mass is 353 g/mol. The van der Waals surface area contributed by atoms with Gasteiger partial charge in [-0.3, -0.25) is 4.90 Å². The van der Waals surface area contributed by atoms with Gasteiger partial charge in [0.1, 0.15) is 5.75 Å². The summed E-state index contributed by atoms with van der Waals surface area (Å²) in [6.45, 7) is 1.50. The summed E-state index contributed by atoms with van der Waals surface area (Å²) < 4.78 is 30.7. The average molecular weight is 353 g/mol. The number of methoxy groups -OCH3 is 1. The lowest BCUT2D eigenvalue weighted by Crippen LogP contribution is -2.50. The molecular formula is C18H27NO4S. The summed E-state index contributed by atoms with van der Waals surface area (Å²) in [6.07, 6.45) is 5.17. The van der Waals surface area contributed by atoms with Crippen LogP contribution in [0.2, 0.25) is 0 Å². The molecule has 0 amide bonds. The summed E-state index contributed by atoms with van der Waals surface area (Å²) in [6, 6.07) is 6.86. The third-order valence-electron chi connectivity index (χ3n) is 5.47. The maximum Gasteiger partial charge on any atom is 0.181 e. The van der Waals surface area contributed by atoms with Gasteiger partial charge in [-0.2, -0.15) is 0 Å². The molecule has 5 nitrogen and oxygen atoms in total. The maximum atomic E-state index is 12.8. The van der Waals surface area contributed by atoms with Gasteiger partial charge in [0, 0.05) is 6.04 Å². The molecule has 134 valence electrons. The standard InChI is InChI=1S/C18H27NO4S/c1-23-14-6-8-15(9-7-14)24(21,22)16-10-12-19(13-11-16)17-4-2-3-5-18(17)20/h6-9,16-18,20H,2-5,10-13H2,1H3/t17-,18-/m1/s1. The molecule has 1 heterocycles. The number of aliphatic hydroxyl groups excluding tert-OH is 1. The molecule has 6 heteroatoms. The van der Waals surface area contributed by atoms with Gasteiger partial charge in [0.05, 0.1) is 23.4 Å². The largest absolute Gasteiger partial charge is 0.497 e. The van der Waals surface area contributed by atoms with Crippen molar-refractivity contribution < 1.29 is 18.3 Å². The number of ether oxygens (including phenoxy) is 1. The van der Waals surface area contributed by atoms with E-state index < -0.39 is 9.84 Å². The van der Waals surface area contributed by atoms with E-state index in [1.165, 1.54) is 0 Å². The molecule has 1 saturated heterocycles. The van der Waals surface area contributed by atoms with Crippen molar-refractivity contribution in [2.75, 3.05) is 20.2 Å². The van der Waals surface area contributed by atoms with Crippen molar-refractivity contribution in [1.82, 2.24) is 4.90 Å². The van der Waals surface area contributed by atoms with Crippen molar-refractivity contribution in [2.45, 2.75) is 60.8 Å². The average Bonchev–Trinajstić information content (AvgIpc) is 2.62. The van der Waals surface area contributed by atoms with E-state index in [1.54, 1.807) is 31.4 Å². The fraction of sp³-hybridized carbons (Fsp3) is 0.667. The molecule has 1 aromatic rings. The second-order valence-electron chi connectivity index (χ2n) is 6.88. The van der Waals surface area contributed by atoms with Gasteiger partial charge in [-0.05, 0) is 63.0 Å². The fourth-order valence-electron chi connectivity index (χ4n) is 3.99. The molecule has 24 heavy (non-hydrogen) atoms. The van der Waals surface area contributed by atoms with E-state index >= 15 is 0 Å². The molecule has 0 spiro atoms. The van der Waals surface area contributed by atoms with Crippen molar-refractivity contribution in [1.29, 1.82) is 0 Å². The van der Waals surface area contributed by atoms with Crippen LogP contribution in [0, 0.1) is 0 Å². The number of rotatable bonds is 4. The van der Waals surface area contributed by atoms with Crippen LogP contribution in [0.1, 0.15) is 38.5 Å². The number of piperidine rings is 1. The Labute approximate surface area is 144 Å². The smallest absolute Gasteiger partial charge is 0.181 e. The summed E-state index contributed by atoms with van der Waals surface area (Å²) in [4.78, 5) is 2.67. The molecule has 1 aliphatic carbocycles. The zero-order valence-electron chi connectivity index (χ0n) is 14.2. The first-order chi connectivity index (χ1) is 11.5. The maximum absolute atomic E-state index is 12.8. The Morgan fingerprint density at radius 2 is 1.67 bits per heavy atom. The first kappa shape index (κ1) is 17.7. The lowest BCUT2D eigenvalue weighted by atomic mass is 9.90. The fourth-order valence-corrected chi connectivity index (χ4v) is 5.72. The van der Waals surface area contributed by atoms with Gasteiger partial charge in [0.2, 0.25) is 0 Å². The van der Waals surface area contributed by atoms with Crippen molar-refractivity contribution in [3.05, 3.63) is 24.3 Å². The molecule has 1 N–H and O–H groups in total. The van der Waals surface area contributed by atoms with Gasteiger partial charge in [-0.1, -0.05) is 12.8 Å². The number of hydrogen-bond donors (Lipinski definition) is 1. The first-order valence-corrected chi connectivity index (χ1v) is 10.4. The number of likely N-dealkylation sites (tertiary alicyclic amines) is 1. The predicted molar refractivity (Wildman–Crippen MR) is 93.0 cm³/mol. The lowest BCUT2D eigenvalue weighted by molar-refractivity contribution is 0.0118. The SMILES string of the molecule is COc1ccc(S(=O)(=O)C2CCN([C@@H]3CCCC[C@H]3O)CC2)cc1. The van der Waals surface area contributed by atoms with Gasteiger partial charge in [-0.15, -0.1) is 0 Å². The second kappa shape index (κ2) is 7.42. The van der Waals surface area contributed by atoms with Crippen molar-refractivity contribution in [3.8, 4) is 5.75 Å². The van der Waals surface area contributed by atoms with E-state index in [-0.39, 0.29) is 17.4 Å². The highest BCUT2D eigenvalue weighted by Crippen LogP contribution is 2.30. The third-order valence-corrected chi connectivity index (χ3v) is 7.74. The minimum atomic E-state index is -3.30. The summed E-state index contributed by atoms with van der Waals surface area (Å²) >= 11 is 0. The normalized spacial score (nSPS) is 27.1. The van der Waals surface area contributed by atoms with E-state index in [2.05, 4.69) is 4.90 Å². The topological polar surface area (TPSA) is 66.8 Å². The Morgan fingerprint density at radius 1 is 1.04 bits per heavy atom. The summed E-state index contributed by atoms with van der Waals surface area (Å²) in [5.41, 5.74) is 0. The number of sulfone groups is 1. The van der Waals surface area contributed by atoms with E-state index in [9.17, 15) is 13.5 Å². The van der Waals surface area contributed by atoms with E-state index in [0.717, 1.165) is 38.8 Å². The molecular weight excluding hydrogens is 326 g/mol. The van der Waals surface area contributed by atoms with Crippen LogP contribution < -0.4 is 4.74 Å². The van der Waals surface area contributed by atoms with Crippen LogP contribution in [0.25, 0.3) is 0 Å². The molecule has 2 atom stereocenters. The number of aliphatic hydroxyl groups is 1. The van der Waals surface area contributed by atoms with E-state index in [1.807, 2.05) is 0 Å². The van der Waals surface area contributed by atoms with Crippen LogP contribution in [0.3, 0.4) is 0 Å². The Bertz CT molecular complexity index is 635. The summed E-state index contributed by atoms with van der Waals surface area (Å²) in [5, 5.41) is 9.87. The lowest BCUT2D eigenvalue weighted by Gasteiger charge is -2.41. The minimum Gasteiger partial charge on any atom is -0.497 e. The molecule has 3 rings (SSSR count). The Balaban J connectivity index is 1.64. The van der Waals surface area contributed by atoms with Gasteiger partial charge < -0.3 is 9.84 Å². The van der Waals surface area contributed by atoms with Gasteiger partial charge in [-0.25, -0.2) is 8.42 Å². The molecule has 0 aromatic heterocycles. The Kier molecular flexibility index (Phi) is 5.47. The number of nitrogens with zero attached hydrogens (tertiary/aromatic N) is 1. The van der Waals surface area contributed by atoms with Gasteiger partial charge >= 0.3 is 0 Å². The zero-order chi connectivity index (χ0) is 17.2. The molecule has 2 aliphatic rings. The molecule has 0 unspecified atom stereocenters. The summed E-state index contributed by atoms with van der Waals surface area (Å²) in [7, 11) is -1.73. The highest BCUT2D eigenvalue weighted by Gasteiger charge is 2.36. The van der Waals surface area contributed by atoms with Gasteiger partial charge in [0.25, 0.3) is 0 Å². The Morgan fingerprint density at radius 3 is 2.25 bits per heavy atom. The molecule has 1 saturated carbocycles. The van der Waals surface area contributed by atoms with Crippen LogP contribution in [-0.2, 0) is 9.84 Å². The van der Waals surface area contributed by atoms with Crippen LogP contribution in [0.15, 0.2) is 29.2 Å². The Hall–Kier alpha value is -1.11. The molecule has 0 radical (unpaired) electrons. The zero-order valence-corrected chi connectivity index (χ0v) is 15.0. The quantitative estimate of drug-likeness (QED) is 0.899. The molecule has 0 bridgehead atoms. The molecule has 1 aliphatic heterocycles. The second-order valence-corrected chi connectivity index (χ2v) is 9.10. The van der Waals surface area contributed by atoms with Crippen LogP contribution in [-0.4, -0.2) is 56.0 Å². The van der Waals surface area contributed by atoms with Crippen LogP contribution in [0.4, 0.5) is 0 Å². The highest BCUT2D eigenvalue weighted by molar-refractivity contribution is 7.92. The van der Waals surface area contributed by atoms with Crippen molar-refractivity contribution in [2.24, 2.45) is 0 Å². The van der Waals surface area contributed by atoms with Crippen molar-refractivity contribution >= 4 is 9.84 Å². The molecule has 2 fully saturated rings. The number of hydrogen-bond acceptors (Lipinski definition) is 5. The summed E-state index contributed by atoms with van der Waals surface area (Å²) in [5.74, 6) is 0.662. The van der Waals surface area contributed by atoms with Gasteiger partial charge in [0.15, 0.2) is 9.84 Å². The van der Waals surface area contributed by atoms with Crippen LogP contribution >= 0.6 is 0 Å².